The first-order valence-electron chi connectivity index (χ1n) is 3.98. The standard InChI is InChI=1S/C8H15NO4.ClH/c1-8(2,9)4-3-5(6(10)11)7(12)13;/h5H,3-4,9H2,1-2H3,(H,10,11)(H,12,13);1H. The Bertz CT molecular complexity index is 198. The van der Waals surface area contributed by atoms with Gasteiger partial charge in [-0.2, -0.15) is 0 Å². The zero-order chi connectivity index (χ0) is 10.6. The molecule has 0 atom stereocenters. The highest BCUT2D eigenvalue weighted by Crippen LogP contribution is 2.14. The van der Waals surface area contributed by atoms with E-state index in [1.165, 1.54) is 0 Å². The number of nitrogens with two attached hydrogens (primary N) is 1. The van der Waals surface area contributed by atoms with Crippen molar-refractivity contribution in [2.45, 2.75) is 32.2 Å². The molecule has 0 amide bonds. The molecule has 0 aromatic carbocycles. The van der Waals surface area contributed by atoms with Gasteiger partial charge in [-0.1, -0.05) is 0 Å². The molecule has 0 spiro atoms. The molecule has 0 aromatic rings. The fourth-order valence-electron chi connectivity index (χ4n) is 0.869. The van der Waals surface area contributed by atoms with Crippen LogP contribution in [-0.2, 0) is 9.59 Å². The van der Waals surface area contributed by atoms with E-state index < -0.39 is 23.4 Å². The van der Waals surface area contributed by atoms with E-state index in [4.69, 9.17) is 15.9 Å². The predicted molar refractivity (Wildman–Crippen MR) is 53.5 cm³/mol. The molecule has 0 rings (SSSR count). The van der Waals surface area contributed by atoms with E-state index in [2.05, 4.69) is 0 Å². The average Bonchev–Trinajstić information content (AvgIpc) is 1.82. The van der Waals surface area contributed by atoms with Crippen LogP contribution in [0.15, 0.2) is 0 Å². The van der Waals surface area contributed by atoms with Gasteiger partial charge < -0.3 is 15.9 Å². The first kappa shape index (κ1) is 15.7. The molecular formula is C8H16ClNO4. The fraction of sp³-hybridized carbons (Fsp3) is 0.750. The first-order chi connectivity index (χ1) is 5.74. The summed E-state index contributed by atoms with van der Waals surface area (Å²) in [6.07, 6.45) is 0.435. The van der Waals surface area contributed by atoms with Crippen molar-refractivity contribution in [1.82, 2.24) is 0 Å². The Morgan fingerprint density at radius 3 is 1.86 bits per heavy atom. The summed E-state index contributed by atoms with van der Waals surface area (Å²) >= 11 is 0. The third kappa shape index (κ3) is 6.68. The Kier molecular flexibility index (Phi) is 6.51. The van der Waals surface area contributed by atoms with Crippen molar-refractivity contribution in [3.8, 4) is 0 Å². The van der Waals surface area contributed by atoms with Gasteiger partial charge in [0.1, 0.15) is 0 Å². The van der Waals surface area contributed by atoms with Crippen LogP contribution in [-0.4, -0.2) is 27.7 Å². The molecule has 0 aliphatic carbocycles. The zero-order valence-electron chi connectivity index (χ0n) is 8.19. The van der Waals surface area contributed by atoms with E-state index in [1.54, 1.807) is 13.8 Å². The number of rotatable bonds is 5. The zero-order valence-corrected chi connectivity index (χ0v) is 9.00. The van der Waals surface area contributed by atoms with Crippen molar-refractivity contribution in [1.29, 1.82) is 0 Å². The number of carboxylic acid groups (broad SMARTS) is 2. The molecule has 0 radical (unpaired) electrons. The van der Waals surface area contributed by atoms with Gasteiger partial charge in [-0.05, 0) is 26.7 Å². The highest BCUT2D eigenvalue weighted by molar-refractivity contribution is 5.92. The van der Waals surface area contributed by atoms with E-state index in [-0.39, 0.29) is 18.8 Å². The maximum absolute atomic E-state index is 10.4. The minimum absolute atomic E-state index is 0. The van der Waals surface area contributed by atoms with Crippen LogP contribution in [0.1, 0.15) is 26.7 Å². The van der Waals surface area contributed by atoms with E-state index in [0.29, 0.717) is 6.42 Å². The van der Waals surface area contributed by atoms with Gasteiger partial charge in [0.05, 0.1) is 0 Å². The third-order valence-electron chi connectivity index (χ3n) is 1.67. The van der Waals surface area contributed by atoms with Crippen molar-refractivity contribution in [2.75, 3.05) is 0 Å². The topological polar surface area (TPSA) is 101 Å². The van der Waals surface area contributed by atoms with Crippen LogP contribution in [0.5, 0.6) is 0 Å². The number of hydrogen-bond donors (Lipinski definition) is 3. The van der Waals surface area contributed by atoms with Gasteiger partial charge in [0.15, 0.2) is 5.92 Å². The summed E-state index contributed by atoms with van der Waals surface area (Å²) in [5, 5.41) is 17.0. The molecule has 6 heteroatoms. The Labute approximate surface area is 88.7 Å². The molecule has 0 saturated heterocycles. The molecule has 0 fully saturated rings. The minimum Gasteiger partial charge on any atom is -0.481 e. The molecule has 4 N–H and O–H groups in total. The van der Waals surface area contributed by atoms with Crippen LogP contribution in [0, 0.1) is 5.92 Å². The maximum atomic E-state index is 10.4. The van der Waals surface area contributed by atoms with E-state index in [9.17, 15) is 9.59 Å². The highest BCUT2D eigenvalue weighted by atomic mass is 35.5. The second-order valence-electron chi connectivity index (χ2n) is 3.76. The van der Waals surface area contributed by atoms with Gasteiger partial charge in [0, 0.05) is 5.54 Å². The Morgan fingerprint density at radius 2 is 1.64 bits per heavy atom. The summed E-state index contributed by atoms with van der Waals surface area (Å²) < 4.78 is 0. The van der Waals surface area contributed by atoms with E-state index >= 15 is 0 Å². The average molecular weight is 226 g/mol. The maximum Gasteiger partial charge on any atom is 0.317 e. The molecule has 5 nitrogen and oxygen atoms in total. The van der Waals surface area contributed by atoms with Crippen LogP contribution in [0.25, 0.3) is 0 Å². The lowest BCUT2D eigenvalue weighted by atomic mass is 9.93. The van der Waals surface area contributed by atoms with Gasteiger partial charge in [0.25, 0.3) is 0 Å². The molecule has 14 heavy (non-hydrogen) atoms. The van der Waals surface area contributed by atoms with Crippen LogP contribution in [0.4, 0.5) is 0 Å². The third-order valence-corrected chi connectivity index (χ3v) is 1.67. The first-order valence-corrected chi connectivity index (χ1v) is 3.98. The second kappa shape index (κ2) is 5.82. The van der Waals surface area contributed by atoms with Crippen LogP contribution < -0.4 is 5.73 Å². The number of hydrogen-bond acceptors (Lipinski definition) is 3. The lowest BCUT2D eigenvalue weighted by molar-refractivity contribution is -0.154. The van der Waals surface area contributed by atoms with Crippen molar-refractivity contribution in [3.63, 3.8) is 0 Å². The van der Waals surface area contributed by atoms with Gasteiger partial charge in [-0.3, -0.25) is 9.59 Å². The number of aliphatic carboxylic acids is 2. The summed E-state index contributed by atoms with van der Waals surface area (Å²) in [6, 6.07) is 0. The largest absolute Gasteiger partial charge is 0.481 e. The Balaban J connectivity index is 0. The molecule has 0 bridgehead atoms. The number of carbonyl (C=O) groups is 2. The van der Waals surface area contributed by atoms with Gasteiger partial charge in [-0.25, -0.2) is 0 Å². The van der Waals surface area contributed by atoms with Crippen molar-refractivity contribution in [3.05, 3.63) is 0 Å². The SMILES string of the molecule is CC(C)(N)CCC(C(=O)O)C(=O)O.Cl. The van der Waals surface area contributed by atoms with Crippen LogP contribution in [0.3, 0.4) is 0 Å². The lowest BCUT2D eigenvalue weighted by Gasteiger charge is -2.19. The van der Waals surface area contributed by atoms with Gasteiger partial charge in [-0.15, -0.1) is 12.4 Å². The summed E-state index contributed by atoms with van der Waals surface area (Å²) in [4.78, 5) is 20.9. The second-order valence-corrected chi connectivity index (χ2v) is 3.76. The Morgan fingerprint density at radius 1 is 1.29 bits per heavy atom. The molecule has 84 valence electrons. The molecule has 0 aliphatic heterocycles. The van der Waals surface area contributed by atoms with Crippen LogP contribution >= 0.6 is 12.4 Å². The van der Waals surface area contributed by atoms with Gasteiger partial charge >= 0.3 is 11.9 Å². The molecule has 0 unspecified atom stereocenters. The Hall–Kier alpha value is -0.810. The van der Waals surface area contributed by atoms with E-state index in [1.807, 2.05) is 0 Å². The normalized spacial score (nSPS) is 10.9. The molecule has 0 heterocycles. The monoisotopic (exact) mass is 225 g/mol. The summed E-state index contributed by atoms with van der Waals surface area (Å²) in [7, 11) is 0. The molecule has 0 saturated carbocycles. The smallest absolute Gasteiger partial charge is 0.317 e. The highest BCUT2D eigenvalue weighted by Gasteiger charge is 2.27. The molecule has 0 aliphatic rings. The van der Waals surface area contributed by atoms with Crippen molar-refractivity contribution >= 4 is 24.3 Å². The van der Waals surface area contributed by atoms with Crippen molar-refractivity contribution < 1.29 is 19.8 Å². The van der Waals surface area contributed by atoms with Gasteiger partial charge in [0.2, 0.25) is 0 Å². The summed E-state index contributed by atoms with van der Waals surface area (Å²) in [6.45, 7) is 3.46. The molecule has 0 aromatic heterocycles. The number of carboxylic acids is 2. The predicted octanol–water partition coefficient (Wildman–Crippen LogP) is 0.711. The van der Waals surface area contributed by atoms with Crippen molar-refractivity contribution in [2.24, 2.45) is 11.7 Å². The van der Waals surface area contributed by atoms with Crippen LogP contribution in [0.2, 0.25) is 0 Å². The summed E-state index contributed by atoms with van der Waals surface area (Å²) in [5.41, 5.74) is 5.07. The number of halogens is 1. The van der Waals surface area contributed by atoms with E-state index in [0.717, 1.165) is 0 Å². The molecular weight excluding hydrogens is 210 g/mol. The minimum atomic E-state index is -1.34. The fourth-order valence-corrected chi connectivity index (χ4v) is 0.869. The summed E-state index contributed by atoms with van der Waals surface area (Å²) in [5.74, 6) is -3.96. The quantitative estimate of drug-likeness (QED) is 0.599. The lowest BCUT2D eigenvalue weighted by Crippen LogP contribution is -2.34.